The van der Waals surface area contributed by atoms with E-state index in [2.05, 4.69) is 52.0 Å². The second-order valence-corrected chi connectivity index (χ2v) is 6.70. The van der Waals surface area contributed by atoms with Crippen LogP contribution in [0, 0.1) is 0 Å². The number of guanidine groups is 1. The molecule has 0 unspecified atom stereocenters. The van der Waals surface area contributed by atoms with Gasteiger partial charge < -0.3 is 15.8 Å². The van der Waals surface area contributed by atoms with Crippen molar-refractivity contribution in [2.45, 2.75) is 60.3 Å². The normalized spacial score (nSPS) is 10.5. The van der Waals surface area contributed by atoms with Gasteiger partial charge in [-0.25, -0.2) is 9.98 Å². The summed E-state index contributed by atoms with van der Waals surface area (Å²) in [5, 5.41) is 2.97. The molecule has 0 saturated heterocycles. The van der Waals surface area contributed by atoms with Gasteiger partial charge in [-0.3, -0.25) is 0 Å². The Morgan fingerprint density at radius 1 is 1.21 bits per heavy atom. The molecule has 2 aromatic rings. The summed E-state index contributed by atoms with van der Waals surface area (Å²) in [5.41, 5.74) is 5.90. The number of aliphatic imine (C=N–C) groups is 1. The molecule has 29 heavy (non-hydrogen) atoms. The summed E-state index contributed by atoms with van der Waals surface area (Å²) in [6.07, 6.45) is 9.91. The number of allylic oxidation sites excluding steroid dienone is 1. The van der Waals surface area contributed by atoms with Crippen LogP contribution in [0.4, 0.5) is 5.82 Å². The van der Waals surface area contributed by atoms with Gasteiger partial charge in [-0.1, -0.05) is 78.2 Å². The third-order valence-electron chi connectivity index (χ3n) is 3.08. The van der Waals surface area contributed by atoms with Crippen molar-refractivity contribution in [2.75, 3.05) is 5.32 Å². The van der Waals surface area contributed by atoms with Crippen LogP contribution in [0.3, 0.4) is 0 Å². The van der Waals surface area contributed by atoms with Crippen LogP contribution in [0.5, 0.6) is 11.5 Å². The lowest BCUT2D eigenvalue weighted by molar-refractivity contribution is 0.482. The van der Waals surface area contributed by atoms with Crippen molar-refractivity contribution in [2.24, 2.45) is 10.7 Å². The first kappa shape index (κ1) is 26.7. The van der Waals surface area contributed by atoms with Gasteiger partial charge in [0.1, 0.15) is 5.75 Å². The van der Waals surface area contributed by atoms with Crippen molar-refractivity contribution in [1.82, 2.24) is 4.98 Å². The fraction of sp³-hybridized carbons (Fsp3) is 0.391. The monoisotopic (exact) mass is 462 g/mol. The largest absolute Gasteiger partial charge is 0.453 e. The third kappa shape index (κ3) is 12.7. The fourth-order valence-corrected chi connectivity index (χ4v) is 2.20. The number of nitrogens with two attached hydrogens (primary N) is 1. The van der Waals surface area contributed by atoms with E-state index in [1.807, 2.05) is 56.3 Å². The minimum absolute atomic E-state index is 0.260. The SMILES string of the molecule is CC.CCC.CCCC/C=C/N=C(N)Nc1ncc(Br)cc1Oc1ccccc1. The first-order valence-corrected chi connectivity index (χ1v) is 11.0. The van der Waals surface area contributed by atoms with Crippen molar-refractivity contribution in [3.05, 3.63) is 59.3 Å². The summed E-state index contributed by atoms with van der Waals surface area (Å²) in [6.45, 7) is 10.4. The van der Waals surface area contributed by atoms with Gasteiger partial charge in [0, 0.05) is 22.9 Å². The maximum Gasteiger partial charge on any atom is 0.199 e. The lowest BCUT2D eigenvalue weighted by Gasteiger charge is -2.11. The number of benzene rings is 1. The molecule has 5 nitrogen and oxygen atoms in total. The highest BCUT2D eigenvalue weighted by Gasteiger charge is 2.08. The van der Waals surface area contributed by atoms with Gasteiger partial charge >= 0.3 is 0 Å². The number of aromatic nitrogens is 1. The Bertz CT molecular complexity index is 718. The molecule has 0 amide bonds. The number of rotatable bonds is 7. The summed E-state index contributed by atoms with van der Waals surface area (Å²) >= 11 is 3.40. The van der Waals surface area contributed by atoms with E-state index in [4.69, 9.17) is 10.5 Å². The quantitative estimate of drug-likeness (QED) is 0.253. The van der Waals surface area contributed by atoms with Crippen LogP contribution in [0.2, 0.25) is 0 Å². The molecule has 0 fully saturated rings. The Hall–Kier alpha value is -2.34. The number of ether oxygens (including phenoxy) is 1. The zero-order valence-electron chi connectivity index (χ0n) is 18.3. The Morgan fingerprint density at radius 2 is 1.86 bits per heavy atom. The number of hydrogen-bond donors (Lipinski definition) is 2. The number of anilines is 1. The smallest absolute Gasteiger partial charge is 0.199 e. The summed E-state index contributed by atoms with van der Waals surface area (Å²) in [5.74, 6) is 2.04. The number of hydrogen-bond acceptors (Lipinski definition) is 3. The Balaban J connectivity index is 0.00000143. The molecule has 2 rings (SSSR count). The van der Waals surface area contributed by atoms with E-state index in [-0.39, 0.29) is 5.96 Å². The van der Waals surface area contributed by atoms with Gasteiger partial charge in [0.2, 0.25) is 0 Å². The standard InChI is InChI=1S/C18H21BrN4O.C3H8.C2H6/c1-2-3-4-8-11-21-18(20)23-17-16(12-14(19)13-22-17)24-15-9-6-5-7-10-15;1-3-2;1-2/h5-13H,2-4H2,1H3,(H3,20,21,22,23);3H2,1-2H3;1-2H3/b11-8+;;. The van der Waals surface area contributed by atoms with Crippen LogP contribution < -0.4 is 15.8 Å². The maximum atomic E-state index is 5.90. The lowest BCUT2D eigenvalue weighted by Crippen LogP contribution is -2.22. The number of nitrogens with zero attached hydrogens (tertiary/aromatic N) is 2. The summed E-state index contributed by atoms with van der Waals surface area (Å²) < 4.78 is 6.68. The molecule has 0 atom stereocenters. The molecule has 0 aliphatic carbocycles. The predicted molar refractivity (Wildman–Crippen MR) is 130 cm³/mol. The van der Waals surface area contributed by atoms with Crippen molar-refractivity contribution in [3.8, 4) is 11.5 Å². The van der Waals surface area contributed by atoms with E-state index in [0.29, 0.717) is 11.6 Å². The fourth-order valence-electron chi connectivity index (χ4n) is 1.89. The molecule has 0 radical (unpaired) electrons. The first-order valence-electron chi connectivity index (χ1n) is 10.2. The Labute approximate surface area is 184 Å². The van der Waals surface area contributed by atoms with E-state index in [1.54, 1.807) is 12.4 Å². The highest BCUT2D eigenvalue weighted by atomic mass is 79.9. The molecular weight excluding hydrogens is 428 g/mol. The number of halogens is 1. The topological polar surface area (TPSA) is 72.5 Å². The van der Waals surface area contributed by atoms with Crippen LogP contribution in [-0.2, 0) is 0 Å². The number of pyridine rings is 1. The molecule has 1 heterocycles. The molecule has 3 N–H and O–H groups in total. The third-order valence-corrected chi connectivity index (χ3v) is 3.51. The minimum Gasteiger partial charge on any atom is -0.453 e. The average Bonchev–Trinajstić information content (AvgIpc) is 2.73. The molecule has 0 bridgehead atoms. The predicted octanol–water partition coefficient (Wildman–Crippen LogP) is 7.51. The number of unbranched alkanes of at least 4 members (excludes halogenated alkanes) is 2. The van der Waals surface area contributed by atoms with E-state index in [0.717, 1.165) is 29.5 Å². The molecule has 6 heteroatoms. The molecule has 160 valence electrons. The van der Waals surface area contributed by atoms with E-state index in [1.165, 1.54) is 6.42 Å². The van der Waals surface area contributed by atoms with Crippen LogP contribution in [-0.4, -0.2) is 10.9 Å². The van der Waals surface area contributed by atoms with Crippen LogP contribution >= 0.6 is 15.9 Å². The molecule has 0 spiro atoms. The highest BCUT2D eigenvalue weighted by Crippen LogP contribution is 2.30. The number of para-hydroxylation sites is 1. The summed E-state index contributed by atoms with van der Waals surface area (Å²) in [7, 11) is 0. The first-order chi connectivity index (χ1) is 14.1. The zero-order chi connectivity index (χ0) is 21.9. The van der Waals surface area contributed by atoms with E-state index in [9.17, 15) is 0 Å². The molecule has 0 aliphatic heterocycles. The molecule has 0 saturated carbocycles. The van der Waals surface area contributed by atoms with Crippen LogP contribution in [0.15, 0.2) is 64.3 Å². The molecule has 1 aromatic carbocycles. The van der Waals surface area contributed by atoms with Gasteiger partial charge in [0.25, 0.3) is 0 Å². The molecular formula is C23H35BrN4O. The van der Waals surface area contributed by atoms with Gasteiger partial charge in [0.15, 0.2) is 17.5 Å². The second kappa shape index (κ2) is 17.7. The average molecular weight is 463 g/mol. The maximum absolute atomic E-state index is 5.90. The van der Waals surface area contributed by atoms with E-state index >= 15 is 0 Å². The molecule has 0 aliphatic rings. The summed E-state index contributed by atoms with van der Waals surface area (Å²) in [6, 6.07) is 11.3. The summed E-state index contributed by atoms with van der Waals surface area (Å²) in [4.78, 5) is 8.46. The van der Waals surface area contributed by atoms with Gasteiger partial charge in [-0.05, 0) is 34.5 Å². The lowest BCUT2D eigenvalue weighted by atomic mass is 10.2. The van der Waals surface area contributed by atoms with Gasteiger partial charge in [-0.2, -0.15) is 0 Å². The van der Waals surface area contributed by atoms with Crippen molar-refractivity contribution < 1.29 is 4.74 Å². The highest BCUT2D eigenvalue weighted by molar-refractivity contribution is 9.10. The second-order valence-electron chi connectivity index (χ2n) is 5.79. The number of nitrogens with one attached hydrogen (secondary N) is 1. The van der Waals surface area contributed by atoms with Crippen LogP contribution in [0.25, 0.3) is 0 Å². The van der Waals surface area contributed by atoms with Gasteiger partial charge in [0.05, 0.1) is 0 Å². The zero-order valence-corrected chi connectivity index (χ0v) is 19.9. The van der Waals surface area contributed by atoms with Gasteiger partial charge in [-0.15, -0.1) is 0 Å². The van der Waals surface area contributed by atoms with Crippen molar-refractivity contribution in [1.29, 1.82) is 0 Å². The van der Waals surface area contributed by atoms with Crippen molar-refractivity contribution >= 4 is 27.7 Å². The molecule has 1 aromatic heterocycles. The van der Waals surface area contributed by atoms with Crippen molar-refractivity contribution in [3.63, 3.8) is 0 Å². The van der Waals surface area contributed by atoms with Crippen LogP contribution in [0.1, 0.15) is 60.3 Å². The Kier molecular flexibility index (Phi) is 16.3. The van der Waals surface area contributed by atoms with E-state index < -0.39 is 0 Å². The minimum atomic E-state index is 0.260. The Morgan fingerprint density at radius 3 is 2.48 bits per heavy atom.